The molecule has 0 atom stereocenters. The maximum Gasteiger partial charge on any atom is 0.125 e. The average molecular weight is 460 g/mol. The average Bonchev–Trinajstić information content (AvgIpc) is 2.75. The van der Waals surface area contributed by atoms with Gasteiger partial charge in [-0.1, -0.05) is 28.9 Å². The molecular weight excluding hydrogens is 426 g/mol. The molecular formula is C26H34ClNO4. The van der Waals surface area contributed by atoms with Gasteiger partial charge in [0.05, 0.1) is 23.9 Å². The van der Waals surface area contributed by atoms with Crippen LogP contribution in [0.1, 0.15) is 49.8 Å². The Hall–Kier alpha value is -2.66. The number of hydrogen-bond acceptors (Lipinski definition) is 5. The van der Waals surface area contributed by atoms with E-state index in [1.807, 2.05) is 56.3 Å². The minimum absolute atomic E-state index is 0.579. The van der Waals surface area contributed by atoms with Crippen LogP contribution in [0.5, 0.6) is 17.2 Å². The molecule has 174 valence electrons. The van der Waals surface area contributed by atoms with Gasteiger partial charge in [0, 0.05) is 5.56 Å². The third-order valence-corrected chi connectivity index (χ3v) is 5.19. The molecule has 0 bridgehead atoms. The number of oxime groups is 1. The molecule has 0 spiro atoms. The van der Waals surface area contributed by atoms with Crippen molar-refractivity contribution in [2.24, 2.45) is 5.16 Å². The predicted molar refractivity (Wildman–Crippen MR) is 132 cm³/mol. The molecule has 0 radical (unpaired) electrons. The first kappa shape index (κ1) is 25.6. The molecule has 0 N–H and O–H groups in total. The fourth-order valence-electron chi connectivity index (χ4n) is 3.27. The van der Waals surface area contributed by atoms with Gasteiger partial charge in [-0.3, -0.25) is 0 Å². The summed E-state index contributed by atoms with van der Waals surface area (Å²) in [6.07, 6.45) is 6.90. The smallest absolute Gasteiger partial charge is 0.125 e. The van der Waals surface area contributed by atoms with Crippen LogP contribution in [0.2, 0.25) is 5.02 Å². The maximum atomic E-state index is 6.32. The predicted octanol–water partition coefficient (Wildman–Crippen LogP) is 6.91. The van der Waals surface area contributed by atoms with Crippen molar-refractivity contribution in [2.45, 2.75) is 47.0 Å². The summed E-state index contributed by atoms with van der Waals surface area (Å²) in [4.78, 5) is 4.80. The summed E-state index contributed by atoms with van der Waals surface area (Å²) in [5.74, 6) is 2.57. The van der Waals surface area contributed by atoms with E-state index in [1.165, 1.54) is 7.11 Å². The monoisotopic (exact) mass is 459 g/mol. The van der Waals surface area contributed by atoms with Crippen LogP contribution in [0.15, 0.2) is 47.6 Å². The lowest BCUT2D eigenvalue weighted by atomic mass is 10.1. The number of hydrogen-bond donors (Lipinski definition) is 0. The van der Waals surface area contributed by atoms with E-state index in [0.717, 1.165) is 58.9 Å². The van der Waals surface area contributed by atoms with Crippen LogP contribution in [-0.2, 0) is 4.84 Å². The van der Waals surface area contributed by atoms with Crippen LogP contribution >= 0.6 is 11.6 Å². The van der Waals surface area contributed by atoms with Crippen molar-refractivity contribution in [1.29, 1.82) is 0 Å². The van der Waals surface area contributed by atoms with E-state index in [9.17, 15) is 0 Å². The van der Waals surface area contributed by atoms with E-state index in [0.29, 0.717) is 24.8 Å². The summed E-state index contributed by atoms with van der Waals surface area (Å²) in [5, 5.41) is 4.51. The Balaban J connectivity index is 1.70. The molecule has 2 aromatic carbocycles. The first-order valence-corrected chi connectivity index (χ1v) is 11.3. The standard InChI is InChI=1S/C26H34ClNO4/c1-6-7-13-31-23-16-19(2)26(20(3)17-23)32-15-10-8-9-14-30-22-11-12-24(25(27)18-22)21(4)28-29-5/h6-7,11-12,16-18H,8-10,13-15H2,1-5H3/b7-6+,28-21+. The molecule has 0 saturated heterocycles. The summed E-state index contributed by atoms with van der Waals surface area (Å²) in [7, 11) is 1.51. The molecule has 0 aliphatic rings. The van der Waals surface area contributed by atoms with E-state index in [2.05, 4.69) is 19.0 Å². The number of aryl methyl sites for hydroxylation is 2. The Bertz CT molecular complexity index is 901. The summed E-state index contributed by atoms with van der Waals surface area (Å²) < 4.78 is 17.6. The van der Waals surface area contributed by atoms with Crippen LogP contribution < -0.4 is 14.2 Å². The lowest BCUT2D eigenvalue weighted by molar-refractivity contribution is 0.213. The van der Waals surface area contributed by atoms with Crippen LogP contribution in [0.3, 0.4) is 0 Å². The van der Waals surface area contributed by atoms with E-state index in [-0.39, 0.29) is 0 Å². The summed E-state index contributed by atoms with van der Waals surface area (Å²) in [6.45, 7) is 9.84. The molecule has 5 nitrogen and oxygen atoms in total. The van der Waals surface area contributed by atoms with Gasteiger partial charge in [0.15, 0.2) is 0 Å². The van der Waals surface area contributed by atoms with Crippen LogP contribution in [0, 0.1) is 13.8 Å². The first-order valence-electron chi connectivity index (χ1n) is 10.9. The van der Waals surface area contributed by atoms with Gasteiger partial charge in [-0.25, -0.2) is 0 Å². The Morgan fingerprint density at radius 1 is 0.938 bits per heavy atom. The number of allylic oxidation sites excluding steroid dienone is 1. The topological polar surface area (TPSA) is 49.3 Å². The second-order valence-electron chi connectivity index (χ2n) is 7.52. The molecule has 0 fully saturated rings. The molecule has 2 aromatic rings. The first-order chi connectivity index (χ1) is 15.5. The molecule has 6 heteroatoms. The minimum atomic E-state index is 0.579. The molecule has 0 aromatic heterocycles. The van der Waals surface area contributed by atoms with Gasteiger partial charge in [0.2, 0.25) is 0 Å². The van der Waals surface area contributed by atoms with Gasteiger partial charge in [-0.2, -0.15) is 0 Å². The van der Waals surface area contributed by atoms with Crippen molar-refractivity contribution in [3.8, 4) is 17.2 Å². The van der Waals surface area contributed by atoms with E-state index >= 15 is 0 Å². The second-order valence-corrected chi connectivity index (χ2v) is 7.93. The highest BCUT2D eigenvalue weighted by molar-refractivity contribution is 6.34. The molecule has 0 aliphatic heterocycles. The minimum Gasteiger partial charge on any atom is -0.494 e. The quantitative estimate of drug-likeness (QED) is 0.141. The lowest BCUT2D eigenvalue weighted by Crippen LogP contribution is -2.04. The van der Waals surface area contributed by atoms with Crippen LogP contribution in [0.4, 0.5) is 0 Å². The van der Waals surface area contributed by atoms with Gasteiger partial charge in [-0.05, 0) is 88.4 Å². The van der Waals surface area contributed by atoms with Crippen LogP contribution in [-0.4, -0.2) is 32.6 Å². The molecule has 32 heavy (non-hydrogen) atoms. The molecule has 0 unspecified atom stereocenters. The van der Waals surface area contributed by atoms with Crippen molar-refractivity contribution in [3.05, 3.63) is 64.2 Å². The zero-order valence-corrected chi connectivity index (χ0v) is 20.5. The summed E-state index contributed by atoms with van der Waals surface area (Å²) >= 11 is 6.32. The number of unbranched alkanes of at least 4 members (excludes halogenated alkanes) is 2. The van der Waals surface area contributed by atoms with Gasteiger partial charge >= 0.3 is 0 Å². The van der Waals surface area contributed by atoms with Gasteiger partial charge in [0.25, 0.3) is 0 Å². The lowest BCUT2D eigenvalue weighted by Gasteiger charge is -2.14. The van der Waals surface area contributed by atoms with E-state index < -0.39 is 0 Å². The van der Waals surface area contributed by atoms with Gasteiger partial charge < -0.3 is 19.0 Å². The number of benzene rings is 2. The van der Waals surface area contributed by atoms with Crippen molar-refractivity contribution in [2.75, 3.05) is 26.9 Å². The largest absolute Gasteiger partial charge is 0.494 e. The fraction of sp³-hybridized carbons (Fsp3) is 0.423. The Labute approximate surface area is 197 Å². The normalized spacial score (nSPS) is 11.6. The Morgan fingerprint density at radius 3 is 2.25 bits per heavy atom. The van der Waals surface area contributed by atoms with Crippen molar-refractivity contribution in [1.82, 2.24) is 0 Å². The molecule has 0 amide bonds. The SMILES string of the molecule is C/C=C/COc1cc(C)c(OCCCCCOc2ccc(/C(C)=N/OC)c(Cl)c2)c(C)c1. The molecule has 0 saturated carbocycles. The van der Waals surface area contributed by atoms with Crippen molar-refractivity contribution < 1.29 is 19.0 Å². The molecule has 0 heterocycles. The number of nitrogens with zero attached hydrogens (tertiary/aromatic N) is 1. The highest BCUT2D eigenvalue weighted by Crippen LogP contribution is 2.29. The van der Waals surface area contributed by atoms with Gasteiger partial charge in [-0.15, -0.1) is 0 Å². The van der Waals surface area contributed by atoms with Crippen molar-refractivity contribution in [3.63, 3.8) is 0 Å². The van der Waals surface area contributed by atoms with Crippen LogP contribution in [0.25, 0.3) is 0 Å². The highest BCUT2D eigenvalue weighted by Gasteiger charge is 2.08. The fourth-order valence-corrected chi connectivity index (χ4v) is 3.58. The second kappa shape index (κ2) is 13.7. The Morgan fingerprint density at radius 2 is 1.62 bits per heavy atom. The highest BCUT2D eigenvalue weighted by atomic mass is 35.5. The van der Waals surface area contributed by atoms with E-state index in [1.54, 1.807) is 0 Å². The van der Waals surface area contributed by atoms with Gasteiger partial charge in [0.1, 0.15) is 31.0 Å². The number of ether oxygens (including phenoxy) is 3. The third-order valence-electron chi connectivity index (χ3n) is 4.88. The summed E-state index contributed by atoms with van der Waals surface area (Å²) in [6, 6.07) is 9.66. The summed E-state index contributed by atoms with van der Waals surface area (Å²) in [5.41, 5.74) is 3.75. The number of rotatable bonds is 13. The van der Waals surface area contributed by atoms with E-state index in [4.69, 9.17) is 30.6 Å². The zero-order chi connectivity index (χ0) is 23.3. The third kappa shape index (κ3) is 8.12. The molecule has 2 rings (SSSR count). The maximum absolute atomic E-state index is 6.32. The Kier molecular flexibility index (Phi) is 10.9. The van der Waals surface area contributed by atoms with Crippen molar-refractivity contribution >= 4 is 17.3 Å². The zero-order valence-electron chi connectivity index (χ0n) is 19.7. The molecule has 0 aliphatic carbocycles. The number of halogens is 1.